The number of carbonyl (C=O) groups is 1. The van der Waals surface area contributed by atoms with Crippen LogP contribution in [0.15, 0.2) is 28.8 Å². The van der Waals surface area contributed by atoms with Crippen LogP contribution in [0.25, 0.3) is 0 Å². The van der Waals surface area contributed by atoms with Crippen LogP contribution in [0.3, 0.4) is 0 Å². The number of nitrogens with one attached hydrogen (secondary N) is 1. The zero-order chi connectivity index (χ0) is 16.4. The van der Waals surface area contributed by atoms with Crippen molar-refractivity contribution >= 4 is 11.7 Å². The number of rotatable bonds is 3. The quantitative estimate of drug-likeness (QED) is 0.938. The van der Waals surface area contributed by atoms with E-state index in [0.29, 0.717) is 11.4 Å². The van der Waals surface area contributed by atoms with Crippen LogP contribution in [0.1, 0.15) is 35.9 Å². The van der Waals surface area contributed by atoms with E-state index in [1.807, 2.05) is 43.0 Å². The molecular formula is C17H21N3O3. The van der Waals surface area contributed by atoms with Crippen molar-refractivity contribution in [1.82, 2.24) is 10.1 Å². The van der Waals surface area contributed by atoms with Crippen LogP contribution in [0.2, 0.25) is 0 Å². The monoisotopic (exact) mass is 315 g/mol. The normalized spacial score (nSPS) is 17.3. The summed E-state index contributed by atoms with van der Waals surface area (Å²) in [5.74, 6) is 1.43. The number of amides is 2. The molecular weight excluding hydrogens is 294 g/mol. The van der Waals surface area contributed by atoms with E-state index in [0.717, 1.165) is 36.4 Å². The smallest absolute Gasteiger partial charge is 0.322 e. The van der Waals surface area contributed by atoms with E-state index in [9.17, 15) is 4.79 Å². The molecule has 1 aromatic heterocycles. The molecule has 2 heterocycles. The largest absolute Gasteiger partial charge is 0.495 e. The number of urea groups is 1. The van der Waals surface area contributed by atoms with Gasteiger partial charge >= 0.3 is 6.03 Å². The van der Waals surface area contributed by atoms with E-state index < -0.39 is 0 Å². The molecule has 1 saturated heterocycles. The van der Waals surface area contributed by atoms with Gasteiger partial charge in [-0.2, -0.15) is 0 Å². The highest BCUT2D eigenvalue weighted by molar-refractivity contribution is 5.91. The Labute approximate surface area is 135 Å². The number of para-hydroxylation sites is 2. The summed E-state index contributed by atoms with van der Waals surface area (Å²) in [4.78, 5) is 14.6. The minimum Gasteiger partial charge on any atom is -0.495 e. The van der Waals surface area contributed by atoms with Crippen molar-refractivity contribution in [2.75, 3.05) is 19.0 Å². The fourth-order valence-corrected chi connectivity index (χ4v) is 3.21. The molecule has 0 saturated carbocycles. The van der Waals surface area contributed by atoms with Crippen LogP contribution in [0, 0.1) is 13.8 Å². The first-order valence-electron chi connectivity index (χ1n) is 7.75. The predicted molar refractivity (Wildman–Crippen MR) is 86.7 cm³/mol. The van der Waals surface area contributed by atoms with Crippen LogP contribution in [0.5, 0.6) is 5.75 Å². The second-order valence-corrected chi connectivity index (χ2v) is 5.72. The molecule has 0 bridgehead atoms. The van der Waals surface area contributed by atoms with Crippen LogP contribution in [0.4, 0.5) is 10.5 Å². The molecule has 6 heteroatoms. The second-order valence-electron chi connectivity index (χ2n) is 5.72. The van der Waals surface area contributed by atoms with Gasteiger partial charge in [-0.15, -0.1) is 0 Å². The summed E-state index contributed by atoms with van der Waals surface area (Å²) in [5.41, 5.74) is 2.55. The van der Waals surface area contributed by atoms with Gasteiger partial charge in [0.2, 0.25) is 0 Å². The highest BCUT2D eigenvalue weighted by atomic mass is 16.5. The molecule has 1 aromatic carbocycles. The van der Waals surface area contributed by atoms with E-state index >= 15 is 0 Å². The highest BCUT2D eigenvalue weighted by Crippen LogP contribution is 2.36. The molecule has 1 fully saturated rings. The third-order valence-electron chi connectivity index (χ3n) is 4.28. The molecule has 0 aliphatic carbocycles. The zero-order valence-electron chi connectivity index (χ0n) is 13.6. The predicted octanol–water partition coefficient (Wildman–Crippen LogP) is 3.67. The lowest BCUT2D eigenvalue weighted by atomic mass is 10.0. The first-order chi connectivity index (χ1) is 11.1. The number of likely N-dealkylation sites (tertiary alicyclic amines) is 1. The molecule has 1 atom stereocenters. The number of benzene rings is 1. The summed E-state index contributed by atoms with van der Waals surface area (Å²) in [5, 5.41) is 6.96. The zero-order valence-corrected chi connectivity index (χ0v) is 13.6. The molecule has 1 aliphatic heterocycles. The summed E-state index contributed by atoms with van der Waals surface area (Å²) in [7, 11) is 1.59. The Kier molecular flexibility index (Phi) is 4.23. The van der Waals surface area contributed by atoms with Crippen molar-refractivity contribution in [3.8, 4) is 5.75 Å². The van der Waals surface area contributed by atoms with Gasteiger partial charge in [0, 0.05) is 12.1 Å². The molecule has 2 aromatic rings. The first-order valence-corrected chi connectivity index (χ1v) is 7.75. The summed E-state index contributed by atoms with van der Waals surface area (Å²) in [6, 6.07) is 7.28. The number of ether oxygens (including phenoxy) is 1. The van der Waals surface area contributed by atoms with Gasteiger partial charge < -0.3 is 19.5 Å². The summed E-state index contributed by atoms with van der Waals surface area (Å²) < 4.78 is 10.6. The van der Waals surface area contributed by atoms with Crippen molar-refractivity contribution in [1.29, 1.82) is 0 Å². The number of aryl methyl sites for hydroxylation is 2. The summed E-state index contributed by atoms with van der Waals surface area (Å²) in [6.45, 7) is 4.53. The van der Waals surface area contributed by atoms with Crippen molar-refractivity contribution in [2.24, 2.45) is 0 Å². The summed E-state index contributed by atoms with van der Waals surface area (Å²) in [6.07, 6.45) is 1.89. The molecule has 0 radical (unpaired) electrons. The Balaban J connectivity index is 1.81. The Morgan fingerprint density at radius 1 is 1.39 bits per heavy atom. The van der Waals surface area contributed by atoms with E-state index in [4.69, 9.17) is 9.26 Å². The van der Waals surface area contributed by atoms with Crippen molar-refractivity contribution in [3.05, 3.63) is 41.3 Å². The molecule has 2 amide bonds. The number of methoxy groups -OCH3 is 1. The maximum absolute atomic E-state index is 12.7. The maximum Gasteiger partial charge on any atom is 0.322 e. The molecule has 3 rings (SSSR count). The van der Waals surface area contributed by atoms with Gasteiger partial charge in [0.1, 0.15) is 11.5 Å². The average molecular weight is 315 g/mol. The Hall–Kier alpha value is -2.50. The standard InChI is InChI=1S/C17H21N3O3/c1-11-16(12(2)23-19-11)14-8-6-10-20(14)17(21)18-13-7-4-5-9-15(13)22-3/h4-5,7,9,14H,6,8,10H2,1-3H3,(H,18,21). The molecule has 0 spiro atoms. The van der Waals surface area contributed by atoms with Gasteiger partial charge in [0.05, 0.1) is 24.5 Å². The van der Waals surface area contributed by atoms with Crippen LogP contribution in [-0.4, -0.2) is 29.7 Å². The molecule has 6 nitrogen and oxygen atoms in total. The highest BCUT2D eigenvalue weighted by Gasteiger charge is 2.34. The van der Waals surface area contributed by atoms with Crippen molar-refractivity contribution < 1.29 is 14.1 Å². The second kappa shape index (κ2) is 6.32. The summed E-state index contributed by atoms with van der Waals surface area (Å²) >= 11 is 0. The minimum absolute atomic E-state index is 0.0101. The van der Waals surface area contributed by atoms with E-state index in [1.54, 1.807) is 7.11 Å². The van der Waals surface area contributed by atoms with Gasteiger partial charge in [-0.3, -0.25) is 0 Å². The SMILES string of the molecule is COc1ccccc1NC(=O)N1CCCC1c1c(C)noc1C. The molecule has 1 unspecified atom stereocenters. The third kappa shape index (κ3) is 2.88. The van der Waals surface area contributed by atoms with Gasteiger partial charge in [-0.25, -0.2) is 4.79 Å². The van der Waals surface area contributed by atoms with Crippen LogP contribution >= 0.6 is 0 Å². The van der Waals surface area contributed by atoms with Gasteiger partial charge in [0.25, 0.3) is 0 Å². The average Bonchev–Trinajstić information content (AvgIpc) is 3.14. The molecule has 1 aliphatic rings. The molecule has 122 valence electrons. The Bertz CT molecular complexity index is 691. The van der Waals surface area contributed by atoms with Gasteiger partial charge in [-0.05, 0) is 38.8 Å². The minimum atomic E-state index is -0.128. The number of nitrogens with zero attached hydrogens (tertiary/aromatic N) is 2. The van der Waals surface area contributed by atoms with Gasteiger partial charge in [-0.1, -0.05) is 17.3 Å². The third-order valence-corrected chi connectivity index (χ3v) is 4.28. The van der Waals surface area contributed by atoms with Crippen LogP contribution < -0.4 is 10.1 Å². The van der Waals surface area contributed by atoms with Crippen molar-refractivity contribution in [2.45, 2.75) is 32.7 Å². The number of carbonyl (C=O) groups excluding carboxylic acids is 1. The van der Waals surface area contributed by atoms with Crippen LogP contribution in [-0.2, 0) is 0 Å². The van der Waals surface area contributed by atoms with Gasteiger partial charge in [0.15, 0.2) is 0 Å². The van der Waals surface area contributed by atoms with E-state index in [1.165, 1.54) is 0 Å². The fraction of sp³-hybridized carbons (Fsp3) is 0.412. The number of hydrogen-bond donors (Lipinski definition) is 1. The molecule has 23 heavy (non-hydrogen) atoms. The van der Waals surface area contributed by atoms with E-state index in [2.05, 4.69) is 10.5 Å². The molecule has 1 N–H and O–H groups in total. The Morgan fingerprint density at radius 2 is 2.17 bits per heavy atom. The lowest BCUT2D eigenvalue weighted by molar-refractivity contribution is 0.206. The number of hydrogen-bond acceptors (Lipinski definition) is 4. The Morgan fingerprint density at radius 3 is 2.87 bits per heavy atom. The topological polar surface area (TPSA) is 67.6 Å². The number of aromatic nitrogens is 1. The van der Waals surface area contributed by atoms with E-state index in [-0.39, 0.29) is 12.1 Å². The fourth-order valence-electron chi connectivity index (χ4n) is 3.21. The lowest BCUT2D eigenvalue weighted by Gasteiger charge is -2.25. The lowest BCUT2D eigenvalue weighted by Crippen LogP contribution is -2.34. The van der Waals surface area contributed by atoms with Crippen molar-refractivity contribution in [3.63, 3.8) is 0 Å². The maximum atomic E-state index is 12.7. The first kappa shape index (κ1) is 15.4. The number of anilines is 1.